The molecule has 1 aromatic rings. The van der Waals surface area contributed by atoms with Gasteiger partial charge in [-0.25, -0.2) is 0 Å². The van der Waals surface area contributed by atoms with Crippen LogP contribution in [0.1, 0.15) is 24.4 Å². The van der Waals surface area contributed by atoms with E-state index in [4.69, 9.17) is 11.6 Å². The van der Waals surface area contributed by atoms with E-state index in [9.17, 15) is 4.79 Å². The van der Waals surface area contributed by atoms with Gasteiger partial charge in [0.2, 0.25) is 5.91 Å². The number of carbonyl (C=O) groups is 1. The van der Waals surface area contributed by atoms with Gasteiger partial charge in [0, 0.05) is 24.7 Å². The fourth-order valence-corrected chi connectivity index (χ4v) is 3.53. The third-order valence-corrected chi connectivity index (χ3v) is 4.82. The van der Waals surface area contributed by atoms with Gasteiger partial charge >= 0.3 is 0 Å². The average molecular weight is 362 g/mol. The van der Waals surface area contributed by atoms with E-state index >= 15 is 0 Å². The van der Waals surface area contributed by atoms with Gasteiger partial charge in [0.15, 0.2) is 0 Å². The normalized spacial score (nSPS) is 15.9. The quantitative estimate of drug-likeness (QED) is 0.650. The summed E-state index contributed by atoms with van der Waals surface area (Å²) in [5.74, 6) is 0.0138. The van der Waals surface area contributed by atoms with Crippen LogP contribution in [-0.4, -0.2) is 55.0 Å². The molecule has 0 saturated carbocycles. The first-order valence-electron chi connectivity index (χ1n) is 8.85. The number of nitrogens with one attached hydrogen (secondary N) is 1. The van der Waals surface area contributed by atoms with Crippen LogP contribution in [0, 0.1) is 0 Å². The number of likely N-dealkylation sites (tertiary alicyclic amines) is 1. The third kappa shape index (κ3) is 5.99. The lowest BCUT2D eigenvalue weighted by Crippen LogP contribution is -2.41. The second-order valence-electron chi connectivity index (χ2n) is 6.36. The Bertz CT molecular complexity index is 574. The Morgan fingerprint density at radius 2 is 1.88 bits per heavy atom. The van der Waals surface area contributed by atoms with E-state index in [-0.39, 0.29) is 11.9 Å². The van der Waals surface area contributed by atoms with Crippen molar-refractivity contribution >= 4 is 17.5 Å². The molecule has 2 rings (SSSR count). The van der Waals surface area contributed by atoms with E-state index in [1.807, 2.05) is 23.1 Å². The molecule has 1 aliphatic heterocycles. The number of rotatable bonds is 10. The van der Waals surface area contributed by atoms with Crippen molar-refractivity contribution in [2.45, 2.75) is 18.9 Å². The Morgan fingerprint density at radius 3 is 2.48 bits per heavy atom. The molecule has 25 heavy (non-hydrogen) atoms. The minimum Gasteiger partial charge on any atom is -0.353 e. The van der Waals surface area contributed by atoms with Crippen LogP contribution in [0.4, 0.5) is 0 Å². The van der Waals surface area contributed by atoms with Gasteiger partial charge in [-0.15, -0.1) is 13.2 Å². The zero-order chi connectivity index (χ0) is 18.1. The van der Waals surface area contributed by atoms with Gasteiger partial charge in [0.05, 0.1) is 12.6 Å². The summed E-state index contributed by atoms with van der Waals surface area (Å²) in [7, 11) is 0. The Labute approximate surface area is 156 Å². The van der Waals surface area contributed by atoms with Gasteiger partial charge in [-0.3, -0.25) is 14.6 Å². The summed E-state index contributed by atoms with van der Waals surface area (Å²) >= 11 is 6.41. The standard InChI is InChI=1S/C20H28ClN3O/c1-3-11-23(12-4-2)16-20(25)22-15-19(24-13-7-8-14-24)17-9-5-6-10-18(17)21/h3-6,9-10,19H,1-2,7-8,11-16H2,(H,22,25). The molecule has 0 aromatic heterocycles. The van der Waals surface area contributed by atoms with Crippen LogP contribution in [0.5, 0.6) is 0 Å². The molecule has 5 heteroatoms. The van der Waals surface area contributed by atoms with E-state index in [0.717, 1.165) is 23.7 Å². The number of benzene rings is 1. The lowest BCUT2D eigenvalue weighted by molar-refractivity contribution is -0.122. The molecule has 0 aliphatic carbocycles. The van der Waals surface area contributed by atoms with Crippen molar-refractivity contribution in [2.24, 2.45) is 0 Å². The summed E-state index contributed by atoms with van der Waals surface area (Å²) in [5.41, 5.74) is 1.08. The van der Waals surface area contributed by atoms with Crippen molar-refractivity contribution in [3.63, 3.8) is 0 Å². The van der Waals surface area contributed by atoms with E-state index in [1.165, 1.54) is 12.8 Å². The van der Waals surface area contributed by atoms with E-state index < -0.39 is 0 Å². The molecule has 1 atom stereocenters. The van der Waals surface area contributed by atoms with Crippen LogP contribution in [-0.2, 0) is 4.79 Å². The molecule has 0 bridgehead atoms. The zero-order valence-electron chi connectivity index (χ0n) is 14.8. The van der Waals surface area contributed by atoms with E-state index in [0.29, 0.717) is 26.2 Å². The van der Waals surface area contributed by atoms with Crippen molar-refractivity contribution in [1.29, 1.82) is 0 Å². The molecular weight excluding hydrogens is 334 g/mol. The Morgan fingerprint density at radius 1 is 1.24 bits per heavy atom. The average Bonchev–Trinajstić information content (AvgIpc) is 3.11. The highest BCUT2D eigenvalue weighted by Crippen LogP contribution is 2.29. The molecule has 0 radical (unpaired) electrons. The monoisotopic (exact) mass is 361 g/mol. The largest absolute Gasteiger partial charge is 0.353 e. The maximum Gasteiger partial charge on any atom is 0.234 e. The van der Waals surface area contributed by atoms with Crippen LogP contribution in [0.15, 0.2) is 49.6 Å². The molecule has 1 aromatic carbocycles. The van der Waals surface area contributed by atoms with Gasteiger partial charge < -0.3 is 5.32 Å². The smallest absolute Gasteiger partial charge is 0.234 e. The molecule has 1 saturated heterocycles. The van der Waals surface area contributed by atoms with Gasteiger partial charge in [0.1, 0.15) is 0 Å². The predicted molar refractivity (Wildman–Crippen MR) is 105 cm³/mol. The Kier molecular flexibility index (Phi) is 8.19. The molecule has 1 N–H and O–H groups in total. The van der Waals surface area contributed by atoms with Crippen LogP contribution < -0.4 is 5.32 Å². The fourth-order valence-electron chi connectivity index (χ4n) is 3.27. The zero-order valence-corrected chi connectivity index (χ0v) is 15.5. The second kappa shape index (κ2) is 10.4. The summed E-state index contributed by atoms with van der Waals surface area (Å²) in [6, 6.07) is 8.03. The number of hydrogen-bond acceptors (Lipinski definition) is 3. The summed E-state index contributed by atoms with van der Waals surface area (Å²) in [4.78, 5) is 16.8. The second-order valence-corrected chi connectivity index (χ2v) is 6.76. The number of halogens is 1. The van der Waals surface area contributed by atoms with Gasteiger partial charge in [-0.2, -0.15) is 0 Å². The fraction of sp³-hybridized carbons (Fsp3) is 0.450. The minimum absolute atomic E-state index is 0.0138. The van der Waals surface area contributed by atoms with Crippen molar-refractivity contribution in [3.8, 4) is 0 Å². The first-order chi connectivity index (χ1) is 12.2. The third-order valence-electron chi connectivity index (χ3n) is 4.48. The van der Waals surface area contributed by atoms with Gasteiger partial charge in [-0.1, -0.05) is 42.0 Å². The van der Waals surface area contributed by atoms with Crippen molar-refractivity contribution in [2.75, 3.05) is 39.3 Å². The molecule has 1 fully saturated rings. The SMILES string of the molecule is C=CCN(CC=C)CC(=O)NCC(c1ccccc1Cl)N1CCCC1. The topological polar surface area (TPSA) is 35.6 Å². The van der Waals surface area contributed by atoms with Crippen LogP contribution in [0.3, 0.4) is 0 Å². The van der Waals surface area contributed by atoms with Crippen LogP contribution in [0.2, 0.25) is 5.02 Å². The Balaban J connectivity index is 1.99. The lowest BCUT2D eigenvalue weighted by Gasteiger charge is -2.29. The van der Waals surface area contributed by atoms with Crippen molar-refractivity contribution in [3.05, 3.63) is 60.2 Å². The number of hydrogen-bond donors (Lipinski definition) is 1. The highest BCUT2D eigenvalue weighted by atomic mass is 35.5. The molecule has 1 aliphatic rings. The summed E-state index contributed by atoms with van der Waals surface area (Å²) in [6.45, 7) is 11.8. The highest BCUT2D eigenvalue weighted by molar-refractivity contribution is 6.31. The van der Waals surface area contributed by atoms with E-state index in [1.54, 1.807) is 12.2 Å². The number of amides is 1. The summed E-state index contributed by atoms with van der Waals surface area (Å²) < 4.78 is 0. The summed E-state index contributed by atoms with van der Waals surface area (Å²) in [5, 5.41) is 3.84. The highest BCUT2D eigenvalue weighted by Gasteiger charge is 2.25. The molecular formula is C20H28ClN3O. The molecule has 1 heterocycles. The molecule has 136 valence electrons. The summed E-state index contributed by atoms with van der Waals surface area (Å²) in [6.07, 6.45) is 5.99. The van der Waals surface area contributed by atoms with Crippen LogP contribution >= 0.6 is 11.6 Å². The molecule has 4 nitrogen and oxygen atoms in total. The van der Waals surface area contributed by atoms with Crippen LogP contribution in [0.25, 0.3) is 0 Å². The van der Waals surface area contributed by atoms with E-state index in [2.05, 4.69) is 29.4 Å². The molecule has 1 amide bonds. The van der Waals surface area contributed by atoms with Crippen molar-refractivity contribution < 1.29 is 4.79 Å². The maximum atomic E-state index is 12.4. The predicted octanol–water partition coefficient (Wildman–Crippen LogP) is 3.27. The number of nitrogens with zero attached hydrogens (tertiary/aromatic N) is 2. The minimum atomic E-state index is 0.0138. The van der Waals surface area contributed by atoms with Gasteiger partial charge in [0.25, 0.3) is 0 Å². The first-order valence-corrected chi connectivity index (χ1v) is 9.22. The lowest BCUT2D eigenvalue weighted by atomic mass is 10.1. The molecule has 1 unspecified atom stereocenters. The number of carbonyl (C=O) groups excluding carboxylic acids is 1. The van der Waals surface area contributed by atoms with Crippen molar-refractivity contribution in [1.82, 2.24) is 15.1 Å². The van der Waals surface area contributed by atoms with Gasteiger partial charge in [-0.05, 0) is 37.6 Å². The Hall–Kier alpha value is -1.62. The first kappa shape index (κ1) is 19.7. The molecule has 0 spiro atoms. The maximum absolute atomic E-state index is 12.4.